The molecule has 0 saturated carbocycles. The molecule has 2 rings (SSSR count). The molecule has 0 aliphatic rings. The van der Waals surface area contributed by atoms with Crippen molar-refractivity contribution in [2.24, 2.45) is 0 Å². The van der Waals surface area contributed by atoms with Crippen molar-refractivity contribution in [3.05, 3.63) is 53.2 Å². The first-order valence-corrected chi connectivity index (χ1v) is 5.47. The average molecular weight is 240 g/mol. The lowest BCUT2D eigenvalue weighted by molar-refractivity contribution is 0.281. The van der Waals surface area contributed by atoms with Gasteiger partial charge in [0, 0.05) is 12.3 Å². The zero-order valence-electron chi connectivity index (χ0n) is 9.92. The number of ether oxygens (including phenoxy) is 1. The van der Waals surface area contributed by atoms with Crippen LogP contribution in [0.4, 0.5) is 0 Å². The Morgan fingerprint density at radius 2 is 2.17 bits per heavy atom. The predicted octanol–water partition coefficient (Wildman–Crippen LogP) is 2.55. The summed E-state index contributed by atoms with van der Waals surface area (Å²) in [6, 6.07) is 10.6. The number of nitrogens with zero attached hydrogens (tertiary/aromatic N) is 2. The van der Waals surface area contributed by atoms with Crippen molar-refractivity contribution in [1.29, 1.82) is 5.26 Å². The van der Waals surface area contributed by atoms with Gasteiger partial charge in [-0.1, -0.05) is 12.1 Å². The molecule has 0 spiro atoms. The van der Waals surface area contributed by atoms with Crippen LogP contribution in [-0.4, -0.2) is 10.1 Å². The molecule has 0 atom stereocenters. The molecular weight excluding hydrogens is 228 g/mol. The van der Waals surface area contributed by atoms with E-state index in [1.54, 1.807) is 30.5 Å². The van der Waals surface area contributed by atoms with E-state index in [0.717, 1.165) is 5.56 Å². The highest BCUT2D eigenvalue weighted by Crippen LogP contribution is 2.24. The zero-order valence-corrected chi connectivity index (χ0v) is 9.92. The van der Waals surface area contributed by atoms with Crippen molar-refractivity contribution >= 4 is 0 Å². The van der Waals surface area contributed by atoms with Crippen molar-refractivity contribution in [1.82, 2.24) is 4.98 Å². The Labute approximate surface area is 105 Å². The Balaban J connectivity index is 2.29. The summed E-state index contributed by atoms with van der Waals surface area (Å²) in [7, 11) is 0. The van der Waals surface area contributed by atoms with Crippen LogP contribution in [-0.2, 0) is 6.61 Å². The minimum atomic E-state index is -0.0995. The number of aryl methyl sites for hydroxylation is 1. The fourth-order valence-corrected chi connectivity index (χ4v) is 1.48. The maximum atomic E-state index is 9.03. The lowest BCUT2D eigenvalue weighted by Crippen LogP contribution is -1.93. The fraction of sp³-hybridized carbons (Fsp3) is 0.143. The Hall–Kier alpha value is -2.38. The molecule has 0 bridgehead atoms. The first-order chi connectivity index (χ1) is 8.72. The van der Waals surface area contributed by atoms with Crippen molar-refractivity contribution in [2.75, 3.05) is 0 Å². The maximum Gasteiger partial charge on any atom is 0.219 e. The molecule has 18 heavy (non-hydrogen) atoms. The van der Waals surface area contributed by atoms with Gasteiger partial charge in [-0.05, 0) is 30.2 Å². The van der Waals surface area contributed by atoms with E-state index in [9.17, 15) is 0 Å². The third-order valence-electron chi connectivity index (χ3n) is 2.45. The number of aliphatic hydroxyl groups is 1. The summed E-state index contributed by atoms with van der Waals surface area (Å²) in [5.74, 6) is 0.875. The second-order valence-corrected chi connectivity index (χ2v) is 3.88. The quantitative estimate of drug-likeness (QED) is 0.895. The highest BCUT2D eigenvalue weighted by Gasteiger charge is 2.06. The predicted molar refractivity (Wildman–Crippen MR) is 66.1 cm³/mol. The standard InChI is InChI=1S/C14H12N2O2/c1-10-2-5-14(16-8-10)18-13-4-3-11(9-17)6-12(13)7-15/h2-6,8,17H,9H2,1H3. The number of hydrogen-bond donors (Lipinski definition) is 1. The summed E-state index contributed by atoms with van der Waals surface area (Å²) in [4.78, 5) is 4.11. The van der Waals surface area contributed by atoms with Crippen LogP contribution in [0.2, 0.25) is 0 Å². The summed E-state index contributed by atoms with van der Waals surface area (Å²) in [5.41, 5.74) is 2.10. The molecule has 1 aromatic heterocycles. The van der Waals surface area contributed by atoms with Crippen LogP contribution in [0, 0.1) is 18.3 Å². The number of benzene rings is 1. The van der Waals surface area contributed by atoms with Gasteiger partial charge < -0.3 is 9.84 Å². The molecular formula is C14H12N2O2. The molecule has 90 valence electrons. The SMILES string of the molecule is Cc1ccc(Oc2ccc(CO)cc2C#N)nc1. The van der Waals surface area contributed by atoms with E-state index in [0.29, 0.717) is 22.8 Å². The number of aliphatic hydroxyl groups excluding tert-OH is 1. The Morgan fingerprint density at radius 1 is 1.33 bits per heavy atom. The number of aromatic nitrogens is 1. The van der Waals surface area contributed by atoms with Gasteiger partial charge in [-0.3, -0.25) is 0 Å². The largest absolute Gasteiger partial charge is 0.438 e. The minimum absolute atomic E-state index is 0.0995. The van der Waals surface area contributed by atoms with Crippen molar-refractivity contribution in [2.45, 2.75) is 13.5 Å². The van der Waals surface area contributed by atoms with Crippen LogP contribution in [0.15, 0.2) is 36.5 Å². The molecule has 0 fully saturated rings. The van der Waals surface area contributed by atoms with Crippen LogP contribution in [0.25, 0.3) is 0 Å². The van der Waals surface area contributed by atoms with Crippen LogP contribution >= 0.6 is 0 Å². The average Bonchev–Trinajstić information content (AvgIpc) is 2.41. The second-order valence-electron chi connectivity index (χ2n) is 3.88. The van der Waals surface area contributed by atoms with Crippen LogP contribution in [0.3, 0.4) is 0 Å². The van der Waals surface area contributed by atoms with E-state index in [1.165, 1.54) is 0 Å². The first-order valence-electron chi connectivity index (χ1n) is 5.47. The minimum Gasteiger partial charge on any atom is -0.438 e. The van der Waals surface area contributed by atoms with Gasteiger partial charge in [0.15, 0.2) is 0 Å². The van der Waals surface area contributed by atoms with Gasteiger partial charge in [-0.15, -0.1) is 0 Å². The molecule has 1 aromatic carbocycles. The topological polar surface area (TPSA) is 66.1 Å². The molecule has 4 nitrogen and oxygen atoms in total. The molecule has 1 N–H and O–H groups in total. The normalized spacial score (nSPS) is 9.83. The molecule has 0 radical (unpaired) electrons. The van der Waals surface area contributed by atoms with Gasteiger partial charge in [0.25, 0.3) is 0 Å². The summed E-state index contributed by atoms with van der Waals surface area (Å²) in [6.07, 6.45) is 1.70. The molecule has 0 unspecified atom stereocenters. The molecule has 0 aliphatic carbocycles. The monoisotopic (exact) mass is 240 g/mol. The second kappa shape index (κ2) is 5.30. The highest BCUT2D eigenvalue weighted by atomic mass is 16.5. The third-order valence-corrected chi connectivity index (χ3v) is 2.45. The number of rotatable bonds is 3. The smallest absolute Gasteiger partial charge is 0.219 e. The molecule has 2 aromatic rings. The van der Waals surface area contributed by atoms with Gasteiger partial charge in [0.1, 0.15) is 11.8 Å². The molecule has 0 amide bonds. The number of pyridine rings is 1. The Morgan fingerprint density at radius 3 is 2.78 bits per heavy atom. The molecule has 0 saturated heterocycles. The van der Waals surface area contributed by atoms with Crippen molar-refractivity contribution in [3.8, 4) is 17.7 Å². The summed E-state index contributed by atoms with van der Waals surface area (Å²) in [6.45, 7) is 1.84. The van der Waals surface area contributed by atoms with Crippen LogP contribution in [0.1, 0.15) is 16.7 Å². The highest BCUT2D eigenvalue weighted by molar-refractivity contribution is 5.46. The molecule has 4 heteroatoms. The van der Waals surface area contributed by atoms with E-state index in [2.05, 4.69) is 4.98 Å². The summed E-state index contributed by atoms with van der Waals surface area (Å²) >= 11 is 0. The Bertz CT molecular complexity index is 586. The fourth-order valence-electron chi connectivity index (χ4n) is 1.48. The summed E-state index contributed by atoms with van der Waals surface area (Å²) in [5, 5.41) is 18.0. The van der Waals surface area contributed by atoms with E-state index in [4.69, 9.17) is 15.1 Å². The molecule has 1 heterocycles. The Kier molecular flexibility index (Phi) is 3.56. The number of nitriles is 1. The van der Waals surface area contributed by atoms with Crippen LogP contribution < -0.4 is 4.74 Å². The lowest BCUT2D eigenvalue weighted by Gasteiger charge is -2.07. The number of hydrogen-bond acceptors (Lipinski definition) is 4. The van der Waals surface area contributed by atoms with Gasteiger partial charge in [-0.25, -0.2) is 4.98 Å². The van der Waals surface area contributed by atoms with Gasteiger partial charge in [0.05, 0.1) is 12.2 Å². The van der Waals surface area contributed by atoms with Gasteiger partial charge >= 0.3 is 0 Å². The zero-order chi connectivity index (χ0) is 13.0. The van der Waals surface area contributed by atoms with Gasteiger partial charge in [-0.2, -0.15) is 5.26 Å². The lowest BCUT2D eigenvalue weighted by atomic mass is 10.1. The molecule has 0 aliphatic heterocycles. The maximum absolute atomic E-state index is 9.03. The van der Waals surface area contributed by atoms with Gasteiger partial charge in [0.2, 0.25) is 5.88 Å². The van der Waals surface area contributed by atoms with E-state index in [-0.39, 0.29) is 6.61 Å². The van der Waals surface area contributed by atoms with Crippen molar-refractivity contribution in [3.63, 3.8) is 0 Å². The third kappa shape index (κ3) is 2.65. The van der Waals surface area contributed by atoms with E-state index >= 15 is 0 Å². The van der Waals surface area contributed by atoms with Crippen LogP contribution in [0.5, 0.6) is 11.6 Å². The first kappa shape index (κ1) is 12.1. The van der Waals surface area contributed by atoms with Crippen molar-refractivity contribution < 1.29 is 9.84 Å². The van der Waals surface area contributed by atoms with E-state index in [1.807, 2.05) is 19.1 Å². The van der Waals surface area contributed by atoms with E-state index < -0.39 is 0 Å². The summed E-state index contributed by atoms with van der Waals surface area (Å²) < 4.78 is 5.54.